The van der Waals surface area contributed by atoms with Crippen molar-refractivity contribution in [1.82, 2.24) is 5.32 Å². The third-order valence-corrected chi connectivity index (χ3v) is 4.03. The normalized spacial score (nSPS) is 16.5. The van der Waals surface area contributed by atoms with Gasteiger partial charge in [0.15, 0.2) is 0 Å². The van der Waals surface area contributed by atoms with Crippen LogP contribution >= 0.6 is 27.5 Å². The van der Waals surface area contributed by atoms with Crippen molar-refractivity contribution in [3.05, 3.63) is 45.1 Å². The topological polar surface area (TPSA) is 21.3 Å². The third-order valence-electron chi connectivity index (χ3n) is 2.72. The van der Waals surface area contributed by atoms with Crippen LogP contribution in [0.1, 0.15) is 24.9 Å². The lowest BCUT2D eigenvalue weighted by molar-refractivity contribution is 0.216. The summed E-state index contributed by atoms with van der Waals surface area (Å²) in [6, 6.07) is 6.01. The molecule has 2 nitrogen and oxygen atoms in total. The molecule has 1 aliphatic heterocycles. The van der Waals surface area contributed by atoms with Gasteiger partial charge in [0, 0.05) is 10.9 Å². The molecule has 2 rings (SSSR count). The van der Waals surface area contributed by atoms with Crippen LogP contribution in [0.15, 0.2) is 34.5 Å². The first-order chi connectivity index (χ1) is 8.24. The van der Waals surface area contributed by atoms with E-state index in [1.807, 2.05) is 18.2 Å². The van der Waals surface area contributed by atoms with Crippen molar-refractivity contribution in [1.29, 1.82) is 0 Å². The Labute approximate surface area is 115 Å². The fourth-order valence-electron chi connectivity index (χ4n) is 1.95. The quantitative estimate of drug-likeness (QED) is 0.904. The highest BCUT2D eigenvalue weighted by molar-refractivity contribution is 9.10. The highest BCUT2D eigenvalue weighted by Crippen LogP contribution is 2.35. The van der Waals surface area contributed by atoms with Crippen LogP contribution < -0.4 is 5.32 Å². The molecule has 92 valence electrons. The molecule has 1 aromatic rings. The number of halogens is 2. The maximum atomic E-state index is 6.33. The molecule has 0 spiro atoms. The molecule has 0 saturated carbocycles. The maximum Gasteiger partial charge on any atom is 0.114 e. The molecule has 0 amide bonds. The SMILES string of the molecule is CCNC(C1=CCCO1)c1cccc(Br)c1Cl. The molecule has 1 aliphatic rings. The van der Waals surface area contributed by atoms with Crippen molar-refractivity contribution >= 4 is 27.5 Å². The molecule has 17 heavy (non-hydrogen) atoms. The molecule has 0 saturated heterocycles. The van der Waals surface area contributed by atoms with E-state index >= 15 is 0 Å². The summed E-state index contributed by atoms with van der Waals surface area (Å²) in [7, 11) is 0. The zero-order chi connectivity index (χ0) is 12.3. The minimum absolute atomic E-state index is 0.0486. The average Bonchev–Trinajstić information content (AvgIpc) is 2.84. The first-order valence-electron chi connectivity index (χ1n) is 5.74. The van der Waals surface area contributed by atoms with Crippen LogP contribution in [0.25, 0.3) is 0 Å². The number of likely N-dealkylation sites (N-methyl/N-ethyl adjacent to an activating group) is 1. The molecule has 0 aliphatic carbocycles. The number of rotatable bonds is 4. The molecule has 1 heterocycles. The van der Waals surface area contributed by atoms with Crippen LogP contribution in [0.2, 0.25) is 5.02 Å². The molecule has 0 fully saturated rings. The van der Waals surface area contributed by atoms with E-state index in [-0.39, 0.29) is 6.04 Å². The van der Waals surface area contributed by atoms with E-state index in [9.17, 15) is 0 Å². The minimum Gasteiger partial charge on any atom is -0.496 e. The predicted octanol–water partition coefficient (Wildman–Crippen LogP) is 4.06. The van der Waals surface area contributed by atoms with Gasteiger partial charge in [-0.15, -0.1) is 0 Å². The molecule has 1 N–H and O–H groups in total. The van der Waals surface area contributed by atoms with Crippen LogP contribution in [0, 0.1) is 0 Å². The summed E-state index contributed by atoms with van der Waals surface area (Å²) >= 11 is 9.79. The molecule has 0 aromatic heterocycles. The first kappa shape index (κ1) is 12.9. The van der Waals surface area contributed by atoms with Gasteiger partial charge >= 0.3 is 0 Å². The second-order valence-corrected chi connectivity index (χ2v) is 5.11. The Balaban J connectivity index is 2.35. The molecule has 4 heteroatoms. The smallest absolute Gasteiger partial charge is 0.114 e. The fourth-order valence-corrected chi connectivity index (χ4v) is 2.57. The van der Waals surface area contributed by atoms with Gasteiger partial charge in [-0.1, -0.05) is 30.7 Å². The Kier molecular flexibility index (Phi) is 4.48. The number of benzene rings is 1. The molecular weight excluding hydrogens is 302 g/mol. The average molecular weight is 317 g/mol. The number of ether oxygens (including phenoxy) is 1. The van der Waals surface area contributed by atoms with Gasteiger partial charge in [0.2, 0.25) is 0 Å². The predicted molar refractivity (Wildman–Crippen MR) is 74.2 cm³/mol. The zero-order valence-electron chi connectivity index (χ0n) is 9.67. The van der Waals surface area contributed by atoms with Gasteiger partial charge < -0.3 is 10.1 Å². The monoisotopic (exact) mass is 315 g/mol. The lowest BCUT2D eigenvalue weighted by atomic mass is 10.0. The summed E-state index contributed by atoms with van der Waals surface area (Å²) in [5.41, 5.74) is 1.05. The standard InChI is InChI=1S/C13H15BrClNO/c1-2-16-13(11-7-4-8-17-11)9-5-3-6-10(14)12(9)15/h3,5-7,13,16H,2,4,8H2,1H3. The Morgan fingerprint density at radius 1 is 1.53 bits per heavy atom. The Hall–Kier alpha value is -0.510. The van der Waals surface area contributed by atoms with Crippen molar-refractivity contribution in [3.63, 3.8) is 0 Å². The molecule has 1 unspecified atom stereocenters. The van der Waals surface area contributed by atoms with Crippen molar-refractivity contribution in [2.24, 2.45) is 0 Å². The van der Waals surface area contributed by atoms with Crippen LogP contribution in [-0.2, 0) is 4.74 Å². The third kappa shape index (κ3) is 2.84. The first-order valence-corrected chi connectivity index (χ1v) is 6.91. The molecule has 1 atom stereocenters. The largest absolute Gasteiger partial charge is 0.496 e. The lowest BCUT2D eigenvalue weighted by Crippen LogP contribution is -2.23. The van der Waals surface area contributed by atoms with E-state index < -0.39 is 0 Å². The number of hydrogen-bond acceptors (Lipinski definition) is 2. The highest BCUT2D eigenvalue weighted by Gasteiger charge is 2.22. The van der Waals surface area contributed by atoms with E-state index in [2.05, 4.69) is 34.2 Å². The van der Waals surface area contributed by atoms with Crippen molar-refractivity contribution in [2.75, 3.05) is 13.2 Å². The minimum atomic E-state index is 0.0486. The number of nitrogens with one attached hydrogen (secondary N) is 1. The summed E-state index contributed by atoms with van der Waals surface area (Å²) in [6.07, 6.45) is 3.10. The van der Waals surface area contributed by atoms with Crippen LogP contribution in [0.4, 0.5) is 0 Å². The Bertz CT molecular complexity index is 433. The fraction of sp³-hybridized carbons (Fsp3) is 0.385. The van der Waals surface area contributed by atoms with Crippen molar-refractivity contribution < 1.29 is 4.74 Å². The highest BCUT2D eigenvalue weighted by atomic mass is 79.9. The summed E-state index contributed by atoms with van der Waals surface area (Å²) < 4.78 is 6.56. The van der Waals surface area contributed by atoms with Gasteiger partial charge in [-0.3, -0.25) is 0 Å². The Morgan fingerprint density at radius 3 is 3.00 bits per heavy atom. The molecule has 1 aromatic carbocycles. The van der Waals surface area contributed by atoms with Gasteiger partial charge in [0.25, 0.3) is 0 Å². The van der Waals surface area contributed by atoms with Crippen molar-refractivity contribution in [3.8, 4) is 0 Å². The van der Waals surface area contributed by atoms with Crippen molar-refractivity contribution in [2.45, 2.75) is 19.4 Å². The second kappa shape index (κ2) is 5.89. The maximum absolute atomic E-state index is 6.33. The van der Waals surface area contributed by atoms with Crippen LogP contribution in [0.3, 0.4) is 0 Å². The number of hydrogen-bond donors (Lipinski definition) is 1. The van der Waals surface area contributed by atoms with Gasteiger partial charge in [-0.2, -0.15) is 0 Å². The van der Waals surface area contributed by atoms with Crippen LogP contribution in [0.5, 0.6) is 0 Å². The van der Waals surface area contributed by atoms with Gasteiger partial charge in [0.1, 0.15) is 5.76 Å². The van der Waals surface area contributed by atoms with Gasteiger partial charge in [-0.25, -0.2) is 0 Å². The second-order valence-electron chi connectivity index (χ2n) is 3.88. The van der Waals surface area contributed by atoms with Crippen LogP contribution in [-0.4, -0.2) is 13.2 Å². The van der Waals surface area contributed by atoms with Gasteiger partial charge in [0.05, 0.1) is 17.7 Å². The molecule has 0 bridgehead atoms. The summed E-state index contributed by atoms with van der Waals surface area (Å²) in [6.45, 7) is 3.71. The van der Waals surface area contributed by atoms with E-state index in [0.29, 0.717) is 0 Å². The summed E-state index contributed by atoms with van der Waals surface area (Å²) in [4.78, 5) is 0. The molecule has 0 radical (unpaired) electrons. The zero-order valence-corrected chi connectivity index (χ0v) is 12.0. The summed E-state index contributed by atoms with van der Waals surface area (Å²) in [5.74, 6) is 0.979. The lowest BCUT2D eigenvalue weighted by Gasteiger charge is -2.21. The molecular formula is C13H15BrClNO. The van der Waals surface area contributed by atoms with E-state index in [1.165, 1.54) is 0 Å². The van der Waals surface area contributed by atoms with E-state index in [4.69, 9.17) is 16.3 Å². The van der Waals surface area contributed by atoms with E-state index in [1.54, 1.807) is 0 Å². The Morgan fingerprint density at radius 2 is 2.35 bits per heavy atom. The van der Waals surface area contributed by atoms with E-state index in [0.717, 1.165) is 40.4 Å². The summed E-state index contributed by atoms with van der Waals surface area (Å²) in [5, 5.41) is 4.16. The van der Waals surface area contributed by atoms with Gasteiger partial charge in [-0.05, 0) is 40.2 Å².